The third-order valence-electron chi connectivity index (χ3n) is 6.23. The van der Waals surface area contributed by atoms with Crippen LogP contribution in [-0.4, -0.2) is 51.9 Å². The molecule has 0 aromatic heterocycles. The van der Waals surface area contributed by atoms with Gasteiger partial charge in [0.15, 0.2) is 11.5 Å². The van der Waals surface area contributed by atoms with E-state index < -0.39 is 12.1 Å². The van der Waals surface area contributed by atoms with Gasteiger partial charge in [-0.3, -0.25) is 6.29 Å². The van der Waals surface area contributed by atoms with E-state index in [1.165, 1.54) is 0 Å². The van der Waals surface area contributed by atoms with Gasteiger partial charge in [-0.15, -0.1) is 5.92 Å². The molecule has 7 nitrogen and oxygen atoms in total. The molecule has 0 aliphatic heterocycles. The van der Waals surface area contributed by atoms with E-state index >= 15 is 0 Å². The Morgan fingerprint density at radius 1 is 1.06 bits per heavy atom. The molecule has 1 aromatic rings. The van der Waals surface area contributed by atoms with Crippen LogP contribution in [0.2, 0.25) is 0 Å². The van der Waals surface area contributed by atoms with Crippen LogP contribution in [0.5, 0.6) is 11.5 Å². The van der Waals surface area contributed by atoms with Crippen LogP contribution in [0.25, 0.3) is 0 Å². The molecule has 1 radical (unpaired) electrons. The normalized spacial score (nSPS) is 14.4. The van der Waals surface area contributed by atoms with Crippen molar-refractivity contribution in [1.82, 2.24) is 0 Å². The molecule has 0 fully saturated rings. The monoisotopic (exact) mass is 583 g/mol. The molecule has 0 heterocycles. The Balaban J connectivity index is 0.0000116. The maximum Gasteiger partial charge on any atom is 0.235 e. The standard InChI is InChI=1S/C26H41NO6P.Y/c1-18(2)21(14-23(27-17-29)25(33-34)15-22(16-28)19(3)4)12-20-8-9-24(31-6)26(13-20)32-11-7-10-30-5;/h8-9,13,18-19,21-23,25H,7,10-12,14-15,34H2,1-6H3;/q-1;/t21-,22+,23-,25-;/m0./s1. The van der Waals surface area contributed by atoms with Crippen molar-refractivity contribution in [3.8, 4) is 11.5 Å². The van der Waals surface area contributed by atoms with Gasteiger partial charge >= 0.3 is 0 Å². The molecule has 195 valence electrons. The van der Waals surface area contributed by atoms with Gasteiger partial charge in [0.1, 0.15) is 0 Å². The molecular formula is C26H41NO6PY-. The number of ether oxygens (including phenoxy) is 3. The topological polar surface area (TPSA) is 83.4 Å². The maximum absolute atomic E-state index is 11.4. The number of hydrogen-bond acceptors (Lipinski definition) is 7. The molecule has 0 saturated carbocycles. The fourth-order valence-electron chi connectivity index (χ4n) is 3.92. The molecule has 1 rings (SSSR count). The van der Waals surface area contributed by atoms with E-state index in [-0.39, 0.29) is 50.5 Å². The Morgan fingerprint density at radius 2 is 1.77 bits per heavy atom. The van der Waals surface area contributed by atoms with Crippen molar-refractivity contribution in [1.29, 1.82) is 0 Å². The van der Waals surface area contributed by atoms with Gasteiger partial charge in [-0.05, 0) is 48.8 Å². The smallest absolute Gasteiger partial charge is 0.235 e. The molecule has 0 spiro atoms. The molecular weight excluding hydrogens is 542 g/mol. The zero-order valence-electron chi connectivity index (χ0n) is 22.0. The van der Waals surface area contributed by atoms with Gasteiger partial charge < -0.3 is 23.5 Å². The summed E-state index contributed by atoms with van der Waals surface area (Å²) in [4.78, 5) is 26.7. The zero-order chi connectivity index (χ0) is 25.5. The number of benzene rings is 1. The molecule has 1 aromatic carbocycles. The van der Waals surface area contributed by atoms with Crippen molar-refractivity contribution in [2.75, 3.05) is 27.4 Å². The summed E-state index contributed by atoms with van der Waals surface area (Å²) in [7, 11) is 5.55. The number of carbonyl (C=O) groups excluding carboxylic acids is 2. The molecule has 0 saturated heterocycles. The molecule has 0 amide bonds. The van der Waals surface area contributed by atoms with E-state index in [9.17, 15) is 9.59 Å². The Bertz CT molecular complexity index is 772. The van der Waals surface area contributed by atoms with Crippen LogP contribution >= 0.6 is 9.47 Å². The number of isocyanates is 1. The van der Waals surface area contributed by atoms with Gasteiger partial charge in [-0.2, -0.15) is 4.99 Å². The van der Waals surface area contributed by atoms with Crippen molar-refractivity contribution in [3.63, 3.8) is 0 Å². The average molecular weight is 583 g/mol. The Labute approximate surface area is 238 Å². The van der Waals surface area contributed by atoms with Crippen molar-refractivity contribution in [3.05, 3.63) is 23.8 Å². The molecule has 1 unspecified atom stereocenters. The zero-order valence-corrected chi connectivity index (χ0v) is 26.0. The summed E-state index contributed by atoms with van der Waals surface area (Å²) in [5.74, 6) is 1.79. The van der Waals surface area contributed by atoms with E-state index in [1.807, 2.05) is 32.0 Å². The minimum absolute atomic E-state index is 0. The largest absolute Gasteiger partial charge is 0.542 e. The van der Waals surface area contributed by atoms with Crippen LogP contribution in [0.15, 0.2) is 23.2 Å². The first kappa shape index (κ1) is 34.3. The molecule has 9 heteroatoms. The first-order chi connectivity index (χ1) is 16.3. The molecule has 0 aliphatic rings. The third-order valence-corrected chi connectivity index (χ3v) is 6.58. The van der Waals surface area contributed by atoms with Crippen LogP contribution in [0.3, 0.4) is 0 Å². The molecule has 0 aliphatic carbocycles. The minimum atomic E-state index is -0.403. The third kappa shape index (κ3) is 12.4. The van der Waals surface area contributed by atoms with E-state index in [4.69, 9.17) is 18.7 Å². The summed E-state index contributed by atoms with van der Waals surface area (Å²) >= 11 is 0. The summed E-state index contributed by atoms with van der Waals surface area (Å²) in [6, 6.07) is 5.56. The van der Waals surface area contributed by atoms with Gasteiger partial charge in [-0.1, -0.05) is 39.7 Å². The number of nitrogens with zero attached hydrogens (tertiary/aromatic N) is 1. The fraction of sp³-hybridized carbons (Fsp3) is 0.692. The van der Waals surface area contributed by atoms with Crippen molar-refractivity contribution >= 4 is 21.8 Å². The quantitative estimate of drug-likeness (QED) is 0.0799. The second-order valence-electron chi connectivity index (χ2n) is 9.29. The molecule has 35 heavy (non-hydrogen) atoms. The Kier molecular flexibility index (Phi) is 19.1. The predicted molar refractivity (Wildman–Crippen MR) is 137 cm³/mol. The summed E-state index contributed by atoms with van der Waals surface area (Å²) in [6.07, 6.45) is 6.07. The van der Waals surface area contributed by atoms with Gasteiger partial charge in [0.2, 0.25) is 6.08 Å². The second-order valence-corrected chi connectivity index (χ2v) is 9.56. The minimum Gasteiger partial charge on any atom is -0.542 e. The summed E-state index contributed by atoms with van der Waals surface area (Å²) in [5, 5.41) is 0. The second kappa shape index (κ2) is 19.4. The van der Waals surface area contributed by atoms with Crippen LogP contribution in [0.4, 0.5) is 0 Å². The van der Waals surface area contributed by atoms with E-state index in [0.717, 1.165) is 18.4 Å². The van der Waals surface area contributed by atoms with Gasteiger partial charge in [0.05, 0.1) is 25.9 Å². The van der Waals surface area contributed by atoms with Gasteiger partial charge in [0.25, 0.3) is 0 Å². The van der Waals surface area contributed by atoms with Crippen LogP contribution in [-0.2, 0) is 58.0 Å². The fourth-order valence-corrected chi connectivity index (χ4v) is 4.21. The summed E-state index contributed by atoms with van der Waals surface area (Å²) < 4.78 is 22.1. The summed E-state index contributed by atoms with van der Waals surface area (Å²) in [5.41, 5.74) is 1.11. The Hall–Kier alpha value is -0.676. The van der Waals surface area contributed by atoms with Crippen molar-refractivity contribution < 1.29 is 61.0 Å². The van der Waals surface area contributed by atoms with E-state index in [1.54, 1.807) is 20.3 Å². The van der Waals surface area contributed by atoms with Gasteiger partial charge in [0, 0.05) is 62.3 Å². The molecule has 0 N–H and O–H groups in total. The van der Waals surface area contributed by atoms with Gasteiger partial charge in [-0.25, -0.2) is 4.79 Å². The van der Waals surface area contributed by atoms with Crippen LogP contribution in [0.1, 0.15) is 52.5 Å². The van der Waals surface area contributed by atoms with Crippen LogP contribution in [0, 0.1) is 23.7 Å². The van der Waals surface area contributed by atoms with E-state index in [0.29, 0.717) is 43.5 Å². The van der Waals surface area contributed by atoms with Crippen LogP contribution < -0.4 is 9.47 Å². The number of methoxy groups -OCH3 is 2. The number of aliphatic imine (C=N–C) groups is 1. The average Bonchev–Trinajstić information content (AvgIpc) is 2.81. The first-order valence-electron chi connectivity index (χ1n) is 11.9. The SMILES string of the molecule is COCCCOc1cc(C[C@@H](C[C@H](N=C=O)[C@H](C[C@H]([C-]=O)C(C)C)OP)C(C)C)ccc1OC.[Y]. The maximum atomic E-state index is 11.4. The Morgan fingerprint density at radius 3 is 2.29 bits per heavy atom. The van der Waals surface area contributed by atoms with Crippen molar-refractivity contribution in [2.24, 2.45) is 28.7 Å². The number of hydrogen-bond donors (Lipinski definition) is 0. The summed E-state index contributed by atoms with van der Waals surface area (Å²) in [6.45, 7) is 9.44. The van der Waals surface area contributed by atoms with Crippen molar-refractivity contribution in [2.45, 2.75) is 65.5 Å². The number of rotatable bonds is 18. The first-order valence-corrected chi connectivity index (χ1v) is 12.4. The molecule has 0 bridgehead atoms. The van der Waals surface area contributed by atoms with E-state index in [2.05, 4.69) is 34.6 Å². The molecule has 5 atom stereocenters. The predicted octanol–water partition coefficient (Wildman–Crippen LogP) is 4.96.